The van der Waals surface area contributed by atoms with Gasteiger partial charge < -0.3 is 10.4 Å². The van der Waals surface area contributed by atoms with Gasteiger partial charge in [0.2, 0.25) is 0 Å². The van der Waals surface area contributed by atoms with E-state index in [-0.39, 0.29) is 6.04 Å². The summed E-state index contributed by atoms with van der Waals surface area (Å²) in [6, 6.07) is -0.0775. The summed E-state index contributed by atoms with van der Waals surface area (Å²) >= 11 is 0. The highest BCUT2D eigenvalue weighted by Gasteiger charge is 2.10. The molecule has 0 amide bonds. The average molecular weight is 156 g/mol. The maximum absolute atomic E-state index is 9.15. The van der Waals surface area contributed by atoms with E-state index in [0.717, 1.165) is 5.70 Å². The number of hydrogen-bond donors (Lipinski definition) is 2. The first-order valence-corrected chi connectivity index (χ1v) is 3.89. The number of aliphatic hydroxyl groups excluding tert-OH is 1. The molecule has 0 fully saturated rings. The SMILES string of the molecule is CC.CC1=C(O)C(C)N=CN1. The number of aliphatic hydroxyl groups is 1. The lowest BCUT2D eigenvalue weighted by molar-refractivity contribution is 0.362. The summed E-state index contributed by atoms with van der Waals surface area (Å²) in [6.45, 7) is 7.66. The monoisotopic (exact) mass is 156 g/mol. The van der Waals surface area contributed by atoms with E-state index in [2.05, 4.69) is 10.3 Å². The van der Waals surface area contributed by atoms with Crippen molar-refractivity contribution in [2.24, 2.45) is 4.99 Å². The van der Waals surface area contributed by atoms with Gasteiger partial charge in [-0.2, -0.15) is 0 Å². The summed E-state index contributed by atoms with van der Waals surface area (Å²) in [4.78, 5) is 3.92. The molecule has 3 nitrogen and oxygen atoms in total. The molecule has 0 saturated heterocycles. The molecule has 0 radical (unpaired) electrons. The predicted octanol–water partition coefficient (Wildman–Crippen LogP) is 1.82. The zero-order valence-electron chi connectivity index (χ0n) is 7.55. The van der Waals surface area contributed by atoms with E-state index in [1.807, 2.05) is 27.7 Å². The molecule has 0 aromatic rings. The standard InChI is InChI=1S/C6H10N2O.C2H6/c1-4-6(9)5(2)8-3-7-4;1-2/h3-4,9H,1-2H3,(H,7,8);1-2H3. The van der Waals surface area contributed by atoms with Gasteiger partial charge in [0.1, 0.15) is 11.8 Å². The van der Waals surface area contributed by atoms with Crippen LogP contribution in [-0.4, -0.2) is 17.5 Å². The molecule has 1 aliphatic heterocycles. The second-order valence-electron chi connectivity index (χ2n) is 2.11. The Morgan fingerprint density at radius 3 is 2.45 bits per heavy atom. The van der Waals surface area contributed by atoms with Crippen LogP contribution in [0.3, 0.4) is 0 Å². The van der Waals surface area contributed by atoms with Crippen LogP contribution in [0.4, 0.5) is 0 Å². The topological polar surface area (TPSA) is 44.6 Å². The quantitative estimate of drug-likeness (QED) is 0.562. The Morgan fingerprint density at radius 1 is 1.55 bits per heavy atom. The second kappa shape index (κ2) is 4.77. The Balaban J connectivity index is 0.000000461. The van der Waals surface area contributed by atoms with E-state index in [4.69, 9.17) is 5.11 Å². The van der Waals surface area contributed by atoms with Crippen molar-refractivity contribution in [3.63, 3.8) is 0 Å². The summed E-state index contributed by atoms with van der Waals surface area (Å²) < 4.78 is 0. The van der Waals surface area contributed by atoms with Crippen molar-refractivity contribution in [2.75, 3.05) is 0 Å². The fourth-order valence-electron chi connectivity index (χ4n) is 0.704. The third-order valence-electron chi connectivity index (χ3n) is 1.36. The fraction of sp³-hybridized carbons (Fsp3) is 0.625. The summed E-state index contributed by atoms with van der Waals surface area (Å²) in [5.41, 5.74) is 0.789. The van der Waals surface area contributed by atoms with Gasteiger partial charge in [0, 0.05) is 0 Å². The maximum atomic E-state index is 9.15. The van der Waals surface area contributed by atoms with E-state index in [0.29, 0.717) is 5.76 Å². The van der Waals surface area contributed by atoms with Crippen molar-refractivity contribution < 1.29 is 5.11 Å². The van der Waals surface area contributed by atoms with Gasteiger partial charge in [-0.25, -0.2) is 0 Å². The van der Waals surface area contributed by atoms with Crippen LogP contribution in [0.15, 0.2) is 16.4 Å². The van der Waals surface area contributed by atoms with E-state index in [9.17, 15) is 0 Å². The molecular weight excluding hydrogens is 140 g/mol. The molecule has 1 unspecified atom stereocenters. The van der Waals surface area contributed by atoms with Crippen molar-refractivity contribution in [3.05, 3.63) is 11.5 Å². The largest absolute Gasteiger partial charge is 0.508 e. The smallest absolute Gasteiger partial charge is 0.135 e. The van der Waals surface area contributed by atoms with Crippen LogP contribution in [-0.2, 0) is 0 Å². The molecule has 0 aliphatic carbocycles. The van der Waals surface area contributed by atoms with Crippen LogP contribution >= 0.6 is 0 Å². The van der Waals surface area contributed by atoms with Gasteiger partial charge in [-0.05, 0) is 13.8 Å². The van der Waals surface area contributed by atoms with Gasteiger partial charge >= 0.3 is 0 Å². The van der Waals surface area contributed by atoms with Crippen molar-refractivity contribution in [1.82, 2.24) is 5.32 Å². The molecule has 3 heteroatoms. The molecular formula is C8H16N2O. The molecule has 1 heterocycles. The van der Waals surface area contributed by atoms with Gasteiger partial charge in [0.05, 0.1) is 12.0 Å². The van der Waals surface area contributed by atoms with Gasteiger partial charge in [-0.15, -0.1) is 0 Å². The molecule has 0 spiro atoms. The maximum Gasteiger partial charge on any atom is 0.135 e. The number of nitrogens with zero attached hydrogens (tertiary/aromatic N) is 1. The van der Waals surface area contributed by atoms with Crippen molar-refractivity contribution in [1.29, 1.82) is 0 Å². The van der Waals surface area contributed by atoms with Gasteiger partial charge in [-0.1, -0.05) is 13.8 Å². The molecule has 11 heavy (non-hydrogen) atoms. The highest BCUT2D eigenvalue weighted by Crippen LogP contribution is 2.08. The van der Waals surface area contributed by atoms with Gasteiger partial charge in [-0.3, -0.25) is 4.99 Å². The molecule has 0 saturated carbocycles. The Hall–Kier alpha value is -0.990. The Morgan fingerprint density at radius 2 is 2.09 bits per heavy atom. The lowest BCUT2D eigenvalue weighted by Crippen LogP contribution is -2.21. The second-order valence-corrected chi connectivity index (χ2v) is 2.11. The fourth-order valence-corrected chi connectivity index (χ4v) is 0.704. The minimum atomic E-state index is -0.0775. The zero-order chi connectivity index (χ0) is 8.85. The van der Waals surface area contributed by atoms with Crippen molar-refractivity contribution in [2.45, 2.75) is 33.7 Å². The zero-order valence-corrected chi connectivity index (χ0v) is 7.55. The first-order chi connectivity index (χ1) is 5.22. The van der Waals surface area contributed by atoms with E-state index in [1.165, 1.54) is 0 Å². The number of rotatable bonds is 0. The minimum Gasteiger partial charge on any atom is -0.508 e. The van der Waals surface area contributed by atoms with Crippen LogP contribution < -0.4 is 5.32 Å². The van der Waals surface area contributed by atoms with Gasteiger partial charge in [0.25, 0.3) is 0 Å². The van der Waals surface area contributed by atoms with E-state index in [1.54, 1.807) is 6.34 Å². The number of aliphatic imine (C=N–C) groups is 1. The molecule has 2 N–H and O–H groups in total. The van der Waals surface area contributed by atoms with Crippen molar-refractivity contribution in [3.8, 4) is 0 Å². The molecule has 0 bridgehead atoms. The summed E-state index contributed by atoms with van der Waals surface area (Å²) in [7, 11) is 0. The van der Waals surface area contributed by atoms with Crippen LogP contribution in [0.25, 0.3) is 0 Å². The first-order valence-electron chi connectivity index (χ1n) is 3.89. The lowest BCUT2D eigenvalue weighted by atomic mass is 10.2. The van der Waals surface area contributed by atoms with Crippen LogP contribution in [0.2, 0.25) is 0 Å². The Labute approximate surface area is 67.8 Å². The first kappa shape index (κ1) is 10.0. The lowest BCUT2D eigenvalue weighted by Gasteiger charge is -2.13. The molecule has 1 aliphatic rings. The summed E-state index contributed by atoms with van der Waals surface area (Å²) in [6.07, 6.45) is 1.60. The molecule has 1 atom stereocenters. The molecule has 64 valence electrons. The summed E-state index contributed by atoms with van der Waals surface area (Å²) in [5, 5.41) is 11.9. The number of nitrogens with one attached hydrogen (secondary N) is 1. The number of allylic oxidation sites excluding steroid dienone is 1. The normalized spacial score (nSPS) is 22.0. The molecule has 1 rings (SSSR count). The Kier molecular flexibility index (Phi) is 4.34. The van der Waals surface area contributed by atoms with E-state index < -0.39 is 0 Å². The van der Waals surface area contributed by atoms with Crippen LogP contribution in [0.5, 0.6) is 0 Å². The number of hydrogen-bond acceptors (Lipinski definition) is 3. The Bertz CT molecular complexity index is 173. The highest BCUT2D eigenvalue weighted by atomic mass is 16.3. The molecule has 0 aromatic heterocycles. The van der Waals surface area contributed by atoms with Crippen molar-refractivity contribution >= 4 is 6.34 Å². The third-order valence-corrected chi connectivity index (χ3v) is 1.36. The summed E-state index contributed by atoms with van der Waals surface area (Å²) in [5.74, 6) is 0.331. The highest BCUT2D eigenvalue weighted by molar-refractivity contribution is 5.59. The van der Waals surface area contributed by atoms with Crippen LogP contribution in [0.1, 0.15) is 27.7 Å². The van der Waals surface area contributed by atoms with Crippen LogP contribution in [0, 0.1) is 0 Å². The average Bonchev–Trinajstić information content (AvgIpc) is 2.04. The van der Waals surface area contributed by atoms with E-state index >= 15 is 0 Å². The third kappa shape index (κ3) is 2.62. The predicted molar refractivity (Wildman–Crippen MR) is 47.8 cm³/mol. The minimum absolute atomic E-state index is 0.0775. The molecule has 0 aromatic carbocycles. The van der Waals surface area contributed by atoms with Gasteiger partial charge in [0.15, 0.2) is 0 Å².